The second kappa shape index (κ2) is 8.91. The van der Waals surface area contributed by atoms with Gasteiger partial charge in [0.1, 0.15) is 5.75 Å². The minimum absolute atomic E-state index is 0.0422. The SMILES string of the molecule is COc1ccccc1[C@H](CNC(=O)c1ccc(N(C)C)cc1)N1CCCC1. The summed E-state index contributed by atoms with van der Waals surface area (Å²) >= 11 is 0. The second-order valence-corrected chi connectivity index (χ2v) is 7.15. The molecule has 0 radical (unpaired) electrons. The number of carbonyl (C=O) groups is 1. The summed E-state index contributed by atoms with van der Waals surface area (Å²) in [6, 6.07) is 15.9. The second-order valence-electron chi connectivity index (χ2n) is 7.15. The number of likely N-dealkylation sites (tertiary alicyclic amines) is 1. The van der Waals surface area contributed by atoms with E-state index in [9.17, 15) is 4.79 Å². The van der Waals surface area contributed by atoms with E-state index in [4.69, 9.17) is 4.74 Å². The third kappa shape index (κ3) is 4.61. The first-order chi connectivity index (χ1) is 13.1. The molecule has 5 nitrogen and oxygen atoms in total. The molecule has 1 saturated heterocycles. The molecule has 2 aromatic rings. The van der Waals surface area contributed by atoms with Gasteiger partial charge in [-0.25, -0.2) is 0 Å². The summed E-state index contributed by atoms with van der Waals surface area (Å²) in [5, 5.41) is 3.12. The molecule has 0 unspecified atom stereocenters. The first-order valence-corrected chi connectivity index (χ1v) is 9.52. The molecule has 1 amide bonds. The summed E-state index contributed by atoms with van der Waals surface area (Å²) in [5.74, 6) is 0.832. The van der Waals surface area contributed by atoms with Crippen molar-refractivity contribution in [1.29, 1.82) is 0 Å². The number of hydrogen-bond donors (Lipinski definition) is 1. The standard InChI is InChI=1S/C22H29N3O2/c1-24(2)18-12-10-17(11-13-18)22(26)23-16-20(25-14-6-7-15-25)19-8-4-5-9-21(19)27-3/h4-5,8-13,20H,6-7,14-16H2,1-3H3,(H,23,26)/t20-/m0/s1. The highest BCUT2D eigenvalue weighted by molar-refractivity contribution is 5.94. The van der Waals surface area contributed by atoms with Gasteiger partial charge in [0.05, 0.1) is 13.2 Å². The Labute approximate surface area is 161 Å². The van der Waals surface area contributed by atoms with E-state index in [2.05, 4.69) is 16.3 Å². The van der Waals surface area contributed by atoms with Crippen molar-refractivity contribution in [3.63, 3.8) is 0 Å². The first-order valence-electron chi connectivity index (χ1n) is 9.52. The van der Waals surface area contributed by atoms with E-state index in [-0.39, 0.29) is 11.9 Å². The molecule has 1 heterocycles. The topological polar surface area (TPSA) is 44.8 Å². The van der Waals surface area contributed by atoms with Crippen LogP contribution in [0.15, 0.2) is 48.5 Å². The number of nitrogens with one attached hydrogen (secondary N) is 1. The van der Waals surface area contributed by atoms with Crippen LogP contribution in [0.2, 0.25) is 0 Å². The lowest BCUT2D eigenvalue weighted by atomic mass is 10.0. The Kier molecular flexibility index (Phi) is 6.35. The molecule has 27 heavy (non-hydrogen) atoms. The Morgan fingerprint density at radius 1 is 1.11 bits per heavy atom. The van der Waals surface area contributed by atoms with Gasteiger partial charge in [0.25, 0.3) is 5.91 Å². The normalized spacial score (nSPS) is 15.4. The van der Waals surface area contributed by atoms with Crippen LogP contribution in [0.4, 0.5) is 5.69 Å². The molecule has 1 aliphatic heterocycles. The van der Waals surface area contributed by atoms with Crippen molar-refractivity contribution < 1.29 is 9.53 Å². The fourth-order valence-electron chi connectivity index (χ4n) is 3.63. The maximum absolute atomic E-state index is 12.7. The highest BCUT2D eigenvalue weighted by Crippen LogP contribution is 2.31. The van der Waals surface area contributed by atoms with E-state index < -0.39 is 0 Å². The van der Waals surface area contributed by atoms with E-state index in [1.54, 1.807) is 7.11 Å². The van der Waals surface area contributed by atoms with Crippen molar-refractivity contribution in [2.75, 3.05) is 45.7 Å². The number of anilines is 1. The number of ether oxygens (including phenoxy) is 1. The molecule has 0 aliphatic carbocycles. The quantitative estimate of drug-likeness (QED) is 0.815. The van der Waals surface area contributed by atoms with Crippen LogP contribution in [0.1, 0.15) is 34.8 Å². The van der Waals surface area contributed by atoms with Gasteiger partial charge in [-0.15, -0.1) is 0 Å². The zero-order valence-electron chi connectivity index (χ0n) is 16.4. The average molecular weight is 367 g/mol. The van der Waals surface area contributed by atoms with Crippen LogP contribution >= 0.6 is 0 Å². The Balaban J connectivity index is 1.73. The van der Waals surface area contributed by atoms with Gasteiger partial charge in [-0.2, -0.15) is 0 Å². The highest BCUT2D eigenvalue weighted by Gasteiger charge is 2.26. The number of benzene rings is 2. The van der Waals surface area contributed by atoms with Gasteiger partial charge >= 0.3 is 0 Å². The van der Waals surface area contributed by atoms with Gasteiger partial charge in [0, 0.05) is 37.5 Å². The lowest BCUT2D eigenvalue weighted by Gasteiger charge is -2.29. The minimum atomic E-state index is -0.0422. The van der Waals surface area contributed by atoms with Gasteiger partial charge in [-0.05, 0) is 56.3 Å². The van der Waals surface area contributed by atoms with Gasteiger partial charge in [-0.1, -0.05) is 18.2 Å². The van der Waals surface area contributed by atoms with Crippen LogP contribution in [-0.4, -0.2) is 51.6 Å². The molecule has 144 valence electrons. The number of carbonyl (C=O) groups excluding carboxylic acids is 1. The minimum Gasteiger partial charge on any atom is -0.496 e. The van der Waals surface area contributed by atoms with Crippen LogP contribution in [0.3, 0.4) is 0 Å². The number of rotatable bonds is 7. The zero-order valence-corrected chi connectivity index (χ0v) is 16.4. The van der Waals surface area contributed by atoms with E-state index in [0.29, 0.717) is 12.1 Å². The molecule has 1 atom stereocenters. The Morgan fingerprint density at radius 3 is 2.41 bits per heavy atom. The predicted molar refractivity (Wildman–Crippen MR) is 110 cm³/mol. The largest absolute Gasteiger partial charge is 0.496 e. The molecule has 2 aromatic carbocycles. The lowest BCUT2D eigenvalue weighted by molar-refractivity contribution is 0.0937. The predicted octanol–water partition coefficient (Wildman–Crippen LogP) is 3.33. The summed E-state index contributed by atoms with van der Waals surface area (Å²) in [6.45, 7) is 2.67. The van der Waals surface area contributed by atoms with Gasteiger partial charge in [-0.3, -0.25) is 9.69 Å². The third-order valence-corrected chi connectivity index (χ3v) is 5.18. The fraction of sp³-hybridized carbons (Fsp3) is 0.409. The van der Waals surface area contributed by atoms with Crippen LogP contribution in [0.5, 0.6) is 5.75 Å². The maximum Gasteiger partial charge on any atom is 0.251 e. The van der Waals surface area contributed by atoms with Crippen LogP contribution in [0, 0.1) is 0 Å². The van der Waals surface area contributed by atoms with Crippen molar-refractivity contribution in [2.24, 2.45) is 0 Å². The molecule has 0 saturated carbocycles. The number of methoxy groups -OCH3 is 1. The highest BCUT2D eigenvalue weighted by atomic mass is 16.5. The van der Waals surface area contributed by atoms with Crippen molar-refractivity contribution in [2.45, 2.75) is 18.9 Å². The van der Waals surface area contributed by atoms with Crippen LogP contribution in [-0.2, 0) is 0 Å². The number of nitrogens with zero attached hydrogens (tertiary/aromatic N) is 2. The molecule has 5 heteroatoms. The van der Waals surface area contributed by atoms with Gasteiger partial charge < -0.3 is 15.0 Å². The lowest BCUT2D eigenvalue weighted by Crippen LogP contribution is -2.37. The molecule has 0 aromatic heterocycles. The smallest absolute Gasteiger partial charge is 0.251 e. The Bertz CT molecular complexity index is 752. The van der Waals surface area contributed by atoms with Gasteiger partial charge in [0.2, 0.25) is 0 Å². The van der Waals surface area contributed by atoms with E-state index >= 15 is 0 Å². The number of hydrogen-bond acceptors (Lipinski definition) is 4. The monoisotopic (exact) mass is 367 g/mol. The maximum atomic E-state index is 12.7. The summed E-state index contributed by atoms with van der Waals surface area (Å²) in [7, 11) is 5.68. The summed E-state index contributed by atoms with van der Waals surface area (Å²) < 4.78 is 5.57. The number of para-hydroxylation sites is 1. The molecule has 3 rings (SSSR count). The average Bonchev–Trinajstić information content (AvgIpc) is 3.23. The summed E-state index contributed by atoms with van der Waals surface area (Å²) in [5.41, 5.74) is 2.89. The third-order valence-electron chi connectivity index (χ3n) is 5.18. The van der Waals surface area contributed by atoms with Crippen molar-refractivity contribution in [3.8, 4) is 5.75 Å². The summed E-state index contributed by atoms with van der Waals surface area (Å²) in [6.07, 6.45) is 2.40. The van der Waals surface area contributed by atoms with Crippen LogP contribution < -0.4 is 15.0 Å². The Hall–Kier alpha value is -2.53. The molecule has 0 spiro atoms. The molecular weight excluding hydrogens is 338 g/mol. The zero-order chi connectivity index (χ0) is 19.2. The van der Waals surface area contributed by atoms with Crippen molar-refractivity contribution in [1.82, 2.24) is 10.2 Å². The first kappa shape index (κ1) is 19.2. The molecule has 1 fully saturated rings. The van der Waals surface area contributed by atoms with E-state index in [1.165, 1.54) is 12.8 Å². The fourth-order valence-corrected chi connectivity index (χ4v) is 3.63. The number of amides is 1. The van der Waals surface area contributed by atoms with Crippen LogP contribution in [0.25, 0.3) is 0 Å². The Morgan fingerprint density at radius 2 is 1.78 bits per heavy atom. The van der Waals surface area contributed by atoms with E-state index in [0.717, 1.165) is 30.1 Å². The van der Waals surface area contributed by atoms with Crippen molar-refractivity contribution >= 4 is 11.6 Å². The molecule has 1 N–H and O–H groups in total. The van der Waals surface area contributed by atoms with Gasteiger partial charge in [0.15, 0.2) is 0 Å². The summed E-state index contributed by atoms with van der Waals surface area (Å²) in [4.78, 5) is 17.1. The van der Waals surface area contributed by atoms with Crippen molar-refractivity contribution in [3.05, 3.63) is 59.7 Å². The van der Waals surface area contributed by atoms with E-state index in [1.807, 2.05) is 61.5 Å². The molecular formula is C22H29N3O2. The molecule has 1 aliphatic rings. The molecule has 0 bridgehead atoms.